The molecule has 26 heavy (non-hydrogen) atoms. The molecule has 4 nitrogen and oxygen atoms in total. The first-order valence-electron chi connectivity index (χ1n) is 8.00. The standard InChI is InChI=1S/C21H16BrNO3/c22-14-19-17(13-21(25)26-19)12-16-6-9-18(10-7-16)23-20(24)11-8-15-4-2-1-3-5-15/h1-11,13-14H,12H2,(H,23,24)/b11-8+,19-14+. The van der Waals surface area contributed by atoms with Crippen molar-refractivity contribution in [3.05, 3.63) is 94.2 Å². The van der Waals surface area contributed by atoms with Crippen LogP contribution in [0.4, 0.5) is 5.69 Å². The highest BCUT2D eigenvalue weighted by Crippen LogP contribution is 2.25. The number of allylic oxidation sites excluding steroid dienone is 1. The van der Waals surface area contributed by atoms with Gasteiger partial charge in [0.1, 0.15) is 5.76 Å². The van der Waals surface area contributed by atoms with Gasteiger partial charge in [-0.3, -0.25) is 4.79 Å². The Morgan fingerprint density at radius 2 is 1.81 bits per heavy atom. The summed E-state index contributed by atoms with van der Waals surface area (Å²) in [6.45, 7) is 0. The number of hydrogen-bond acceptors (Lipinski definition) is 3. The number of carbonyl (C=O) groups is 2. The molecule has 2 aromatic rings. The Labute approximate surface area is 160 Å². The van der Waals surface area contributed by atoms with E-state index in [-0.39, 0.29) is 11.9 Å². The molecule has 1 aliphatic rings. The van der Waals surface area contributed by atoms with Crippen LogP contribution in [0.5, 0.6) is 0 Å². The van der Waals surface area contributed by atoms with Crippen molar-refractivity contribution in [3.8, 4) is 0 Å². The van der Waals surface area contributed by atoms with E-state index in [4.69, 9.17) is 4.74 Å². The van der Waals surface area contributed by atoms with E-state index in [2.05, 4.69) is 21.2 Å². The third-order valence-electron chi connectivity index (χ3n) is 3.76. The minimum absolute atomic E-state index is 0.191. The molecule has 0 fully saturated rings. The second kappa shape index (κ2) is 8.45. The number of amides is 1. The van der Waals surface area contributed by atoms with Gasteiger partial charge < -0.3 is 10.1 Å². The van der Waals surface area contributed by atoms with E-state index in [0.29, 0.717) is 17.9 Å². The molecular formula is C21H16BrNO3. The van der Waals surface area contributed by atoms with Crippen molar-refractivity contribution in [3.63, 3.8) is 0 Å². The molecule has 0 radical (unpaired) electrons. The summed E-state index contributed by atoms with van der Waals surface area (Å²) < 4.78 is 5.05. The van der Waals surface area contributed by atoms with Crippen LogP contribution in [0.25, 0.3) is 6.08 Å². The van der Waals surface area contributed by atoms with E-state index in [1.807, 2.05) is 54.6 Å². The Kier molecular flexibility index (Phi) is 5.81. The SMILES string of the molecule is O=C(/C=C/c1ccccc1)Nc1ccc(CC2=CC(=O)O/C2=C/Br)cc1. The molecule has 5 heteroatoms. The molecule has 2 aromatic carbocycles. The molecule has 0 atom stereocenters. The van der Waals surface area contributed by atoms with Crippen molar-refractivity contribution < 1.29 is 14.3 Å². The van der Waals surface area contributed by atoms with Crippen molar-refractivity contribution >= 4 is 39.6 Å². The lowest BCUT2D eigenvalue weighted by atomic mass is 10.0. The van der Waals surface area contributed by atoms with Crippen LogP contribution >= 0.6 is 15.9 Å². The van der Waals surface area contributed by atoms with E-state index in [0.717, 1.165) is 16.7 Å². The van der Waals surface area contributed by atoms with E-state index in [1.165, 1.54) is 12.2 Å². The van der Waals surface area contributed by atoms with Crippen LogP contribution in [0.3, 0.4) is 0 Å². The van der Waals surface area contributed by atoms with Gasteiger partial charge in [-0.05, 0) is 29.3 Å². The molecule has 1 amide bonds. The van der Waals surface area contributed by atoms with E-state index in [1.54, 1.807) is 11.1 Å². The van der Waals surface area contributed by atoms with Crippen LogP contribution in [0, 0.1) is 0 Å². The van der Waals surface area contributed by atoms with Gasteiger partial charge in [0.15, 0.2) is 0 Å². The number of ether oxygens (including phenoxy) is 1. The fourth-order valence-corrected chi connectivity index (χ4v) is 2.88. The van der Waals surface area contributed by atoms with Crippen molar-refractivity contribution in [1.29, 1.82) is 0 Å². The van der Waals surface area contributed by atoms with Crippen LogP contribution in [0.2, 0.25) is 0 Å². The number of anilines is 1. The average Bonchev–Trinajstić information content (AvgIpc) is 3.02. The van der Waals surface area contributed by atoms with Gasteiger partial charge >= 0.3 is 5.97 Å². The second-order valence-corrected chi connectivity index (χ2v) is 6.13. The van der Waals surface area contributed by atoms with E-state index >= 15 is 0 Å². The largest absolute Gasteiger partial charge is 0.422 e. The van der Waals surface area contributed by atoms with Gasteiger partial charge in [0.2, 0.25) is 5.91 Å². The summed E-state index contributed by atoms with van der Waals surface area (Å²) in [5.41, 5.74) is 3.50. The monoisotopic (exact) mass is 409 g/mol. The zero-order chi connectivity index (χ0) is 18.4. The van der Waals surface area contributed by atoms with Gasteiger partial charge in [-0.2, -0.15) is 0 Å². The predicted molar refractivity (Wildman–Crippen MR) is 105 cm³/mol. The van der Waals surface area contributed by atoms with E-state index < -0.39 is 0 Å². The van der Waals surface area contributed by atoms with Crippen molar-refractivity contribution in [2.24, 2.45) is 0 Å². The normalized spacial score (nSPS) is 15.2. The Bertz CT molecular complexity index is 897. The summed E-state index contributed by atoms with van der Waals surface area (Å²) in [5.74, 6) is -0.0261. The van der Waals surface area contributed by atoms with Crippen LogP contribution in [-0.4, -0.2) is 11.9 Å². The number of carbonyl (C=O) groups excluding carboxylic acids is 2. The number of rotatable bonds is 5. The van der Waals surface area contributed by atoms with Gasteiger partial charge in [-0.25, -0.2) is 4.79 Å². The lowest BCUT2D eigenvalue weighted by Gasteiger charge is -2.06. The number of esters is 1. The summed E-state index contributed by atoms with van der Waals surface area (Å²) in [4.78, 5) is 24.9. The van der Waals surface area contributed by atoms with Crippen molar-refractivity contribution in [2.75, 3.05) is 5.32 Å². The molecule has 1 heterocycles. The fraction of sp³-hybridized carbons (Fsp3) is 0.0476. The van der Waals surface area contributed by atoms with Crippen molar-refractivity contribution in [2.45, 2.75) is 6.42 Å². The summed E-state index contributed by atoms with van der Waals surface area (Å²) in [5, 5.41) is 2.82. The molecule has 0 bridgehead atoms. The molecule has 0 saturated carbocycles. The first kappa shape index (κ1) is 17.9. The van der Waals surface area contributed by atoms with Crippen LogP contribution in [-0.2, 0) is 20.7 Å². The third kappa shape index (κ3) is 4.80. The van der Waals surface area contributed by atoms with E-state index in [9.17, 15) is 9.59 Å². The third-order valence-corrected chi connectivity index (χ3v) is 4.18. The lowest BCUT2D eigenvalue weighted by Crippen LogP contribution is -2.07. The summed E-state index contributed by atoms with van der Waals surface area (Å²) in [7, 11) is 0. The van der Waals surface area contributed by atoms with Gasteiger partial charge in [-0.15, -0.1) is 0 Å². The van der Waals surface area contributed by atoms with Crippen LogP contribution < -0.4 is 5.32 Å². The van der Waals surface area contributed by atoms with Gasteiger partial charge in [-0.1, -0.05) is 58.4 Å². The number of nitrogens with one attached hydrogen (secondary N) is 1. The van der Waals surface area contributed by atoms with Crippen LogP contribution in [0.15, 0.2) is 83.1 Å². The molecule has 130 valence electrons. The zero-order valence-corrected chi connectivity index (χ0v) is 15.4. The summed E-state index contributed by atoms with van der Waals surface area (Å²) in [6, 6.07) is 17.1. The molecule has 0 saturated heterocycles. The Balaban J connectivity index is 1.59. The molecular weight excluding hydrogens is 394 g/mol. The summed E-state index contributed by atoms with van der Waals surface area (Å²) in [6.07, 6.45) is 5.33. The number of hydrogen-bond donors (Lipinski definition) is 1. The number of benzene rings is 2. The molecule has 1 aliphatic heterocycles. The highest BCUT2D eigenvalue weighted by Gasteiger charge is 2.19. The molecule has 3 rings (SSSR count). The minimum Gasteiger partial charge on any atom is -0.422 e. The molecule has 0 spiro atoms. The maximum absolute atomic E-state index is 12.0. The fourth-order valence-electron chi connectivity index (χ4n) is 2.49. The highest BCUT2D eigenvalue weighted by atomic mass is 79.9. The Morgan fingerprint density at radius 3 is 2.50 bits per heavy atom. The molecule has 0 unspecified atom stereocenters. The van der Waals surface area contributed by atoms with Crippen LogP contribution in [0.1, 0.15) is 11.1 Å². The first-order chi connectivity index (χ1) is 12.6. The first-order valence-corrected chi connectivity index (χ1v) is 8.92. The van der Waals surface area contributed by atoms with Gasteiger partial charge in [0, 0.05) is 34.8 Å². The topological polar surface area (TPSA) is 55.4 Å². The predicted octanol–water partition coefficient (Wildman–Crippen LogP) is 4.60. The zero-order valence-electron chi connectivity index (χ0n) is 13.8. The van der Waals surface area contributed by atoms with Crippen molar-refractivity contribution in [1.82, 2.24) is 0 Å². The molecule has 1 N–H and O–H groups in total. The van der Waals surface area contributed by atoms with Gasteiger partial charge in [0.05, 0.1) is 0 Å². The molecule has 0 aromatic heterocycles. The highest BCUT2D eigenvalue weighted by molar-refractivity contribution is 9.11. The Hall–Kier alpha value is -2.92. The lowest BCUT2D eigenvalue weighted by molar-refractivity contribution is -0.132. The quantitative estimate of drug-likeness (QED) is 0.579. The maximum Gasteiger partial charge on any atom is 0.336 e. The maximum atomic E-state index is 12.0. The number of halogens is 1. The second-order valence-electron chi connectivity index (χ2n) is 5.67. The van der Waals surface area contributed by atoms with Gasteiger partial charge in [0.25, 0.3) is 0 Å². The Morgan fingerprint density at radius 1 is 1.08 bits per heavy atom. The summed E-state index contributed by atoms with van der Waals surface area (Å²) >= 11 is 3.19. The number of cyclic esters (lactones) is 1. The average molecular weight is 410 g/mol. The molecule has 0 aliphatic carbocycles. The minimum atomic E-state index is -0.361. The smallest absolute Gasteiger partial charge is 0.336 e.